The van der Waals surface area contributed by atoms with Gasteiger partial charge in [0.2, 0.25) is 0 Å². The molecule has 0 aromatic heterocycles. The van der Waals surface area contributed by atoms with Gasteiger partial charge in [-0.15, -0.1) is 0 Å². The lowest BCUT2D eigenvalue weighted by atomic mass is 10.00. The SMILES string of the molecule is CCCCCC/C=C\C/C=C\CCCCCCCC(=O)OC(COC(=O)CCCCCCCCCCCCCCCCCCCC)COC1OC(CS(=O)(=O)O)C(O)C(O)C1O. The monoisotopic (exact) mass is 903 g/mol. The molecule has 0 radical (unpaired) electrons. The fraction of sp³-hybridized carbons (Fsp3) is 0.878. The minimum absolute atomic E-state index is 0.151. The fourth-order valence-electron chi connectivity index (χ4n) is 7.65. The Bertz CT molecular complexity index is 1240. The molecule has 6 unspecified atom stereocenters. The Morgan fingerprint density at radius 3 is 1.44 bits per heavy atom. The molecule has 1 aliphatic heterocycles. The standard InChI is InChI=1S/C49H90O12S/c1-3-5-7-9-11-13-15-17-19-21-22-24-25-27-29-31-33-35-37-44(50)58-39-42(40-59-49-48(54)47(53)46(52)43(61-49)41-62(55,56)57)60-45(51)38-36-34-32-30-28-26-23-20-18-16-14-12-10-8-6-4-2/h14,16,20,23,42-43,46-49,52-54H,3-13,15,17-19,21-22,24-41H2,1-2H3,(H,55,56,57)/b16-14-,23-20-. The summed E-state index contributed by atoms with van der Waals surface area (Å²) in [6.45, 7) is 3.76. The minimum Gasteiger partial charge on any atom is -0.462 e. The first kappa shape index (κ1) is 58.1. The first-order valence-electron chi connectivity index (χ1n) is 24.9. The van der Waals surface area contributed by atoms with Crippen LogP contribution in [0.4, 0.5) is 0 Å². The van der Waals surface area contributed by atoms with Gasteiger partial charge in [0, 0.05) is 12.8 Å². The summed E-state index contributed by atoms with van der Waals surface area (Å²) in [6.07, 6.45) is 35.0. The molecule has 0 bridgehead atoms. The summed E-state index contributed by atoms with van der Waals surface area (Å²) in [5, 5.41) is 30.9. The summed E-state index contributed by atoms with van der Waals surface area (Å²) >= 11 is 0. The second kappa shape index (κ2) is 39.5. The van der Waals surface area contributed by atoms with Gasteiger partial charge in [0.15, 0.2) is 12.4 Å². The predicted molar refractivity (Wildman–Crippen MR) is 247 cm³/mol. The number of hydrogen-bond acceptors (Lipinski definition) is 11. The van der Waals surface area contributed by atoms with E-state index in [9.17, 15) is 37.9 Å². The zero-order chi connectivity index (χ0) is 45.5. The lowest BCUT2D eigenvalue weighted by Crippen LogP contribution is -2.60. The van der Waals surface area contributed by atoms with Crippen molar-refractivity contribution < 1.29 is 56.8 Å². The second-order valence-electron chi connectivity index (χ2n) is 17.5. The third-order valence-electron chi connectivity index (χ3n) is 11.5. The van der Waals surface area contributed by atoms with Crippen molar-refractivity contribution in [3.63, 3.8) is 0 Å². The summed E-state index contributed by atoms with van der Waals surface area (Å²) < 4.78 is 54.2. The van der Waals surface area contributed by atoms with Crippen molar-refractivity contribution in [1.29, 1.82) is 0 Å². The molecule has 62 heavy (non-hydrogen) atoms. The smallest absolute Gasteiger partial charge is 0.306 e. The Morgan fingerprint density at radius 2 is 0.968 bits per heavy atom. The maximum atomic E-state index is 12.8. The average Bonchev–Trinajstić information content (AvgIpc) is 3.24. The van der Waals surface area contributed by atoms with E-state index in [0.717, 1.165) is 64.2 Å². The van der Waals surface area contributed by atoms with Crippen molar-refractivity contribution in [3.8, 4) is 0 Å². The topological polar surface area (TPSA) is 186 Å². The van der Waals surface area contributed by atoms with Crippen LogP contribution < -0.4 is 0 Å². The second-order valence-corrected chi connectivity index (χ2v) is 19.0. The maximum Gasteiger partial charge on any atom is 0.306 e. The van der Waals surface area contributed by atoms with E-state index in [1.165, 1.54) is 116 Å². The Morgan fingerprint density at radius 1 is 0.548 bits per heavy atom. The molecule has 6 atom stereocenters. The molecule has 1 saturated heterocycles. The van der Waals surface area contributed by atoms with Gasteiger partial charge < -0.3 is 34.3 Å². The number of aliphatic hydroxyl groups excluding tert-OH is 3. The molecule has 1 fully saturated rings. The molecule has 0 amide bonds. The van der Waals surface area contributed by atoms with Gasteiger partial charge in [0.1, 0.15) is 36.8 Å². The summed E-state index contributed by atoms with van der Waals surface area (Å²) in [5.74, 6) is -1.99. The van der Waals surface area contributed by atoms with Crippen LogP contribution >= 0.6 is 0 Å². The molecule has 0 aliphatic carbocycles. The minimum atomic E-state index is -4.60. The van der Waals surface area contributed by atoms with Gasteiger partial charge in [-0.2, -0.15) is 8.42 Å². The molecule has 0 aromatic rings. The number of unbranched alkanes of at least 4 members (excludes halogenated alkanes) is 26. The quantitative estimate of drug-likeness (QED) is 0.0197. The molecular formula is C49H90O12S. The first-order valence-corrected chi connectivity index (χ1v) is 26.5. The van der Waals surface area contributed by atoms with E-state index in [4.69, 9.17) is 18.9 Å². The van der Waals surface area contributed by atoms with Gasteiger partial charge in [-0.05, 0) is 44.9 Å². The maximum absolute atomic E-state index is 12.8. The molecule has 364 valence electrons. The van der Waals surface area contributed by atoms with E-state index in [2.05, 4.69) is 38.2 Å². The van der Waals surface area contributed by atoms with Gasteiger partial charge in [0.25, 0.3) is 10.1 Å². The molecule has 1 aliphatic rings. The van der Waals surface area contributed by atoms with Crippen molar-refractivity contribution in [1.82, 2.24) is 0 Å². The average molecular weight is 903 g/mol. The third kappa shape index (κ3) is 33.6. The van der Waals surface area contributed by atoms with E-state index in [1.807, 2.05) is 0 Å². The number of esters is 2. The van der Waals surface area contributed by atoms with Crippen molar-refractivity contribution in [2.24, 2.45) is 0 Å². The van der Waals surface area contributed by atoms with Crippen molar-refractivity contribution in [2.45, 2.75) is 256 Å². The van der Waals surface area contributed by atoms with Crippen LogP contribution in [-0.4, -0.2) is 96.0 Å². The highest BCUT2D eigenvalue weighted by Gasteiger charge is 2.46. The van der Waals surface area contributed by atoms with Crippen LogP contribution in [0.1, 0.15) is 219 Å². The largest absolute Gasteiger partial charge is 0.462 e. The van der Waals surface area contributed by atoms with Gasteiger partial charge >= 0.3 is 11.9 Å². The summed E-state index contributed by atoms with van der Waals surface area (Å²) in [6, 6.07) is 0. The molecule has 0 aromatic carbocycles. The van der Waals surface area contributed by atoms with Crippen LogP contribution in [0.25, 0.3) is 0 Å². The van der Waals surface area contributed by atoms with Crippen LogP contribution in [0.3, 0.4) is 0 Å². The summed E-state index contributed by atoms with van der Waals surface area (Å²) in [7, 11) is -4.60. The van der Waals surface area contributed by atoms with Crippen LogP contribution in [0, 0.1) is 0 Å². The lowest BCUT2D eigenvalue weighted by molar-refractivity contribution is -0.297. The number of carbonyl (C=O) groups excluding carboxylic acids is 2. The van der Waals surface area contributed by atoms with Gasteiger partial charge in [-0.25, -0.2) is 0 Å². The molecule has 1 rings (SSSR count). The Hall–Kier alpha value is -1.87. The fourth-order valence-corrected chi connectivity index (χ4v) is 8.34. The normalized spacial score (nSPS) is 20.0. The number of hydrogen-bond donors (Lipinski definition) is 4. The van der Waals surface area contributed by atoms with Crippen molar-refractivity contribution in [2.75, 3.05) is 19.0 Å². The molecule has 4 N–H and O–H groups in total. The molecule has 12 nitrogen and oxygen atoms in total. The van der Waals surface area contributed by atoms with Crippen LogP contribution in [-0.2, 0) is 38.7 Å². The summed E-state index contributed by atoms with van der Waals surface area (Å²) in [5.41, 5.74) is 0. The van der Waals surface area contributed by atoms with Gasteiger partial charge in [0.05, 0.1) is 6.61 Å². The molecule has 0 saturated carbocycles. The van der Waals surface area contributed by atoms with Gasteiger partial charge in [-0.1, -0.05) is 186 Å². The number of aliphatic hydroxyl groups is 3. The molecule has 1 heterocycles. The predicted octanol–water partition coefficient (Wildman–Crippen LogP) is 10.8. The Labute approximate surface area is 377 Å². The molecule has 0 spiro atoms. The van der Waals surface area contributed by atoms with E-state index >= 15 is 0 Å². The number of ether oxygens (including phenoxy) is 4. The Kier molecular flexibility index (Phi) is 37.0. The highest BCUT2D eigenvalue weighted by molar-refractivity contribution is 7.85. The van der Waals surface area contributed by atoms with Crippen LogP contribution in [0.15, 0.2) is 24.3 Å². The lowest BCUT2D eigenvalue weighted by Gasteiger charge is -2.40. The zero-order valence-electron chi connectivity index (χ0n) is 39.0. The van der Waals surface area contributed by atoms with E-state index in [0.29, 0.717) is 12.8 Å². The molecule has 13 heteroatoms. The Balaban J connectivity index is 2.39. The zero-order valence-corrected chi connectivity index (χ0v) is 39.8. The van der Waals surface area contributed by atoms with E-state index < -0.39 is 71.2 Å². The van der Waals surface area contributed by atoms with Gasteiger partial charge in [-0.3, -0.25) is 14.1 Å². The molecular weight excluding hydrogens is 813 g/mol. The number of rotatable bonds is 42. The van der Waals surface area contributed by atoms with Crippen molar-refractivity contribution in [3.05, 3.63) is 24.3 Å². The number of carbonyl (C=O) groups is 2. The van der Waals surface area contributed by atoms with E-state index in [-0.39, 0.29) is 19.4 Å². The third-order valence-corrected chi connectivity index (χ3v) is 12.3. The first-order chi connectivity index (χ1) is 30.0. The highest BCUT2D eigenvalue weighted by Crippen LogP contribution is 2.24. The van der Waals surface area contributed by atoms with Crippen LogP contribution in [0.5, 0.6) is 0 Å². The van der Waals surface area contributed by atoms with Crippen molar-refractivity contribution >= 4 is 22.1 Å². The van der Waals surface area contributed by atoms with E-state index in [1.54, 1.807) is 0 Å². The summed E-state index contributed by atoms with van der Waals surface area (Å²) in [4.78, 5) is 25.5. The van der Waals surface area contributed by atoms with Crippen LogP contribution in [0.2, 0.25) is 0 Å². The highest BCUT2D eigenvalue weighted by atomic mass is 32.2. The number of allylic oxidation sites excluding steroid dienone is 4.